The van der Waals surface area contributed by atoms with Gasteiger partial charge in [0.2, 0.25) is 0 Å². The Morgan fingerprint density at radius 3 is 2.89 bits per heavy atom. The van der Waals surface area contributed by atoms with Crippen LogP contribution in [0.5, 0.6) is 0 Å². The van der Waals surface area contributed by atoms with Gasteiger partial charge in [-0.1, -0.05) is 0 Å². The minimum atomic E-state index is 0.0808. The van der Waals surface area contributed by atoms with E-state index in [1.54, 1.807) is 19.2 Å². The quantitative estimate of drug-likeness (QED) is 0.700. The van der Waals surface area contributed by atoms with Gasteiger partial charge in [0.05, 0.1) is 6.10 Å². The molecule has 0 radical (unpaired) electrons. The van der Waals surface area contributed by atoms with Gasteiger partial charge >= 0.3 is 0 Å². The van der Waals surface area contributed by atoms with E-state index in [0.29, 0.717) is 36.6 Å². The summed E-state index contributed by atoms with van der Waals surface area (Å²) in [6.07, 6.45) is 2.90. The highest BCUT2D eigenvalue weighted by molar-refractivity contribution is 5.93. The fraction of sp³-hybridized carbons (Fsp3) is 0.643. The molecule has 0 bridgehead atoms. The van der Waals surface area contributed by atoms with Crippen molar-refractivity contribution >= 4 is 5.78 Å². The lowest BCUT2D eigenvalue weighted by molar-refractivity contribution is -0.0247. The zero-order chi connectivity index (χ0) is 13.0. The van der Waals surface area contributed by atoms with Crippen LogP contribution in [0.3, 0.4) is 0 Å². The molecule has 2 rings (SSSR count). The highest BCUT2D eigenvalue weighted by Gasteiger charge is 2.31. The first-order valence-electron chi connectivity index (χ1n) is 6.45. The van der Waals surface area contributed by atoms with Gasteiger partial charge in [-0.15, -0.1) is 0 Å². The molecular formula is C14H20O4. The monoisotopic (exact) mass is 252 g/mol. The molecule has 0 spiro atoms. The Balaban J connectivity index is 1.78. The number of carbonyl (C=O) groups is 1. The molecule has 1 fully saturated rings. The molecule has 0 atom stereocenters. The molecule has 1 saturated carbocycles. The van der Waals surface area contributed by atoms with Crippen LogP contribution in [0.4, 0.5) is 0 Å². The van der Waals surface area contributed by atoms with Gasteiger partial charge in [0.15, 0.2) is 11.5 Å². The number of rotatable bonds is 7. The molecule has 0 amide bonds. The second-order valence-electron chi connectivity index (χ2n) is 4.74. The summed E-state index contributed by atoms with van der Waals surface area (Å²) in [5.74, 6) is 1.67. The van der Waals surface area contributed by atoms with Gasteiger partial charge < -0.3 is 13.9 Å². The van der Waals surface area contributed by atoms with Crippen molar-refractivity contribution in [2.75, 3.05) is 13.7 Å². The average molecular weight is 252 g/mol. The van der Waals surface area contributed by atoms with Crippen molar-refractivity contribution in [3.8, 4) is 0 Å². The summed E-state index contributed by atoms with van der Waals surface area (Å²) in [4.78, 5) is 12.0. The lowest BCUT2D eigenvalue weighted by Crippen LogP contribution is -2.32. The van der Waals surface area contributed by atoms with Crippen LogP contribution in [0.1, 0.15) is 42.5 Å². The number of methoxy groups -OCH3 is 1. The molecule has 0 aliphatic heterocycles. The third kappa shape index (κ3) is 3.21. The second-order valence-corrected chi connectivity index (χ2v) is 4.74. The summed E-state index contributed by atoms with van der Waals surface area (Å²) in [5, 5.41) is 0. The lowest BCUT2D eigenvalue weighted by Gasteiger charge is -2.34. The van der Waals surface area contributed by atoms with Crippen LogP contribution in [0.15, 0.2) is 16.5 Å². The maximum absolute atomic E-state index is 12.0. The Kier molecular flexibility index (Phi) is 4.55. The molecule has 0 unspecified atom stereocenters. The molecule has 0 aromatic carbocycles. The van der Waals surface area contributed by atoms with Crippen LogP contribution in [0, 0.1) is 5.92 Å². The fourth-order valence-electron chi connectivity index (χ4n) is 2.32. The molecule has 1 aromatic rings. The van der Waals surface area contributed by atoms with Crippen LogP contribution >= 0.6 is 0 Å². The predicted octanol–water partition coefficient (Wildman–Crippen LogP) is 2.81. The summed E-state index contributed by atoms with van der Waals surface area (Å²) < 4.78 is 15.9. The van der Waals surface area contributed by atoms with Crippen molar-refractivity contribution in [2.45, 2.75) is 38.9 Å². The highest BCUT2D eigenvalue weighted by Crippen LogP contribution is 2.33. The van der Waals surface area contributed by atoms with Crippen molar-refractivity contribution < 1.29 is 18.7 Å². The summed E-state index contributed by atoms with van der Waals surface area (Å²) in [6, 6.07) is 3.52. The van der Waals surface area contributed by atoms with E-state index in [0.717, 1.165) is 19.4 Å². The third-order valence-electron chi connectivity index (χ3n) is 3.29. The van der Waals surface area contributed by atoms with Gasteiger partial charge in [-0.2, -0.15) is 0 Å². The van der Waals surface area contributed by atoms with Crippen molar-refractivity contribution in [3.63, 3.8) is 0 Å². The third-order valence-corrected chi connectivity index (χ3v) is 3.29. The molecule has 100 valence electrons. The first kappa shape index (κ1) is 13.3. The number of carbonyl (C=O) groups excluding carboxylic acids is 1. The van der Waals surface area contributed by atoms with Gasteiger partial charge in [0, 0.05) is 20.1 Å². The van der Waals surface area contributed by atoms with Gasteiger partial charge in [0.25, 0.3) is 0 Å². The SMILES string of the molecule is CCOC1CC(CC(=O)c2ccc(COC)o2)C1. The smallest absolute Gasteiger partial charge is 0.198 e. The summed E-state index contributed by atoms with van der Waals surface area (Å²) in [6.45, 7) is 3.16. The van der Waals surface area contributed by atoms with E-state index >= 15 is 0 Å². The van der Waals surface area contributed by atoms with Crippen molar-refractivity contribution in [1.82, 2.24) is 0 Å². The van der Waals surface area contributed by atoms with Crippen LogP contribution in [0.2, 0.25) is 0 Å². The first-order valence-corrected chi connectivity index (χ1v) is 6.45. The van der Waals surface area contributed by atoms with Crippen LogP contribution < -0.4 is 0 Å². The van der Waals surface area contributed by atoms with Crippen LogP contribution in [-0.2, 0) is 16.1 Å². The number of furan rings is 1. The molecule has 0 N–H and O–H groups in total. The van der Waals surface area contributed by atoms with E-state index in [9.17, 15) is 4.79 Å². The minimum absolute atomic E-state index is 0.0808. The standard InChI is InChI=1S/C14H20O4/c1-3-17-12-6-10(7-12)8-13(15)14-5-4-11(18-14)9-16-2/h4-5,10,12H,3,6-9H2,1-2H3. The topological polar surface area (TPSA) is 48.7 Å². The Morgan fingerprint density at radius 2 is 2.22 bits per heavy atom. The largest absolute Gasteiger partial charge is 0.456 e. The predicted molar refractivity (Wildman–Crippen MR) is 66.5 cm³/mol. The highest BCUT2D eigenvalue weighted by atomic mass is 16.5. The molecule has 0 saturated heterocycles. The number of ether oxygens (including phenoxy) is 2. The molecule has 1 heterocycles. The normalized spacial score (nSPS) is 22.8. The van der Waals surface area contributed by atoms with Crippen molar-refractivity contribution in [1.29, 1.82) is 0 Å². The molecule has 1 aromatic heterocycles. The Bertz CT molecular complexity index is 390. The maximum atomic E-state index is 12.0. The summed E-state index contributed by atoms with van der Waals surface area (Å²) in [7, 11) is 1.60. The van der Waals surface area contributed by atoms with Gasteiger partial charge in [-0.25, -0.2) is 0 Å². The molecule has 18 heavy (non-hydrogen) atoms. The van der Waals surface area contributed by atoms with Gasteiger partial charge in [-0.3, -0.25) is 4.79 Å². The summed E-state index contributed by atoms with van der Waals surface area (Å²) >= 11 is 0. The van der Waals surface area contributed by atoms with Crippen molar-refractivity contribution in [3.05, 3.63) is 23.7 Å². The fourth-order valence-corrected chi connectivity index (χ4v) is 2.32. The van der Waals surface area contributed by atoms with E-state index in [1.165, 1.54) is 0 Å². The molecule has 1 aliphatic carbocycles. The zero-order valence-electron chi connectivity index (χ0n) is 11.0. The van der Waals surface area contributed by atoms with Crippen LogP contribution in [-0.4, -0.2) is 25.6 Å². The molecule has 4 heteroatoms. The summed E-state index contributed by atoms with van der Waals surface area (Å²) in [5.41, 5.74) is 0. The van der Waals surface area contributed by atoms with E-state index in [1.807, 2.05) is 6.92 Å². The molecular weight excluding hydrogens is 232 g/mol. The number of ketones is 1. The second kappa shape index (κ2) is 6.16. The number of hydrogen-bond acceptors (Lipinski definition) is 4. The zero-order valence-corrected chi connectivity index (χ0v) is 11.0. The van der Waals surface area contributed by atoms with Gasteiger partial charge in [-0.05, 0) is 37.8 Å². The average Bonchev–Trinajstić information content (AvgIpc) is 2.75. The number of hydrogen-bond donors (Lipinski definition) is 0. The first-order chi connectivity index (χ1) is 8.72. The van der Waals surface area contributed by atoms with Gasteiger partial charge in [0.1, 0.15) is 12.4 Å². The van der Waals surface area contributed by atoms with E-state index in [4.69, 9.17) is 13.9 Å². The van der Waals surface area contributed by atoms with Crippen molar-refractivity contribution in [2.24, 2.45) is 5.92 Å². The maximum Gasteiger partial charge on any atom is 0.198 e. The lowest BCUT2D eigenvalue weighted by atomic mass is 9.79. The Hall–Kier alpha value is -1.13. The Morgan fingerprint density at radius 1 is 1.44 bits per heavy atom. The molecule has 4 nitrogen and oxygen atoms in total. The van der Waals surface area contributed by atoms with E-state index < -0.39 is 0 Å². The minimum Gasteiger partial charge on any atom is -0.456 e. The van der Waals surface area contributed by atoms with Crippen LogP contribution in [0.25, 0.3) is 0 Å². The van der Waals surface area contributed by atoms with E-state index in [-0.39, 0.29) is 5.78 Å². The molecule has 1 aliphatic rings. The Labute approximate surface area is 107 Å². The number of Topliss-reactive ketones (excluding diaryl/α,β-unsaturated/α-hetero) is 1. The van der Waals surface area contributed by atoms with E-state index in [2.05, 4.69) is 0 Å².